The first-order valence-electron chi connectivity index (χ1n) is 7.10. The van der Waals surface area contributed by atoms with Gasteiger partial charge in [0, 0.05) is 5.69 Å². The molecule has 0 fully saturated rings. The lowest BCUT2D eigenvalue weighted by Crippen LogP contribution is -2.43. The molecule has 0 saturated carbocycles. The Morgan fingerprint density at radius 2 is 1.86 bits per heavy atom. The highest BCUT2D eigenvalue weighted by Gasteiger charge is 2.20. The Morgan fingerprint density at radius 1 is 1.19 bits per heavy atom. The van der Waals surface area contributed by atoms with Crippen LogP contribution in [0.4, 0.5) is 10.5 Å². The molecule has 1 aromatic carbocycles. The molecule has 0 aliphatic heterocycles. The zero-order valence-corrected chi connectivity index (χ0v) is 12.3. The SMILES string of the molecule is Cc1ccc(NC(=O)[C@H](CCCCCN)NC(=O)O)cc1. The number of carbonyl (C=O) groups excluding carboxylic acids is 1. The van der Waals surface area contributed by atoms with Crippen LogP contribution in [0.2, 0.25) is 0 Å². The van der Waals surface area contributed by atoms with Gasteiger partial charge in [-0.2, -0.15) is 0 Å². The minimum atomic E-state index is -1.20. The van der Waals surface area contributed by atoms with Crippen LogP contribution in [0.5, 0.6) is 0 Å². The molecule has 6 nitrogen and oxygen atoms in total. The molecule has 1 atom stereocenters. The van der Waals surface area contributed by atoms with Crippen LogP contribution in [0.3, 0.4) is 0 Å². The third-order valence-electron chi connectivity index (χ3n) is 3.13. The summed E-state index contributed by atoms with van der Waals surface area (Å²) < 4.78 is 0. The van der Waals surface area contributed by atoms with Gasteiger partial charge in [-0.05, 0) is 38.4 Å². The summed E-state index contributed by atoms with van der Waals surface area (Å²) >= 11 is 0. The molecule has 0 aromatic heterocycles. The lowest BCUT2D eigenvalue weighted by atomic mass is 10.1. The molecule has 0 aliphatic rings. The van der Waals surface area contributed by atoms with Crippen molar-refractivity contribution in [1.82, 2.24) is 5.32 Å². The largest absolute Gasteiger partial charge is 0.465 e. The molecule has 5 N–H and O–H groups in total. The zero-order chi connectivity index (χ0) is 15.7. The molecular formula is C15H23N3O3. The van der Waals surface area contributed by atoms with Crippen LogP contribution in [0, 0.1) is 6.92 Å². The molecule has 0 radical (unpaired) electrons. The maximum absolute atomic E-state index is 12.1. The highest BCUT2D eigenvalue weighted by Crippen LogP contribution is 2.11. The van der Waals surface area contributed by atoms with E-state index in [1.807, 2.05) is 19.1 Å². The Kier molecular flexibility index (Phi) is 7.25. The first-order chi connectivity index (χ1) is 10.0. The fraction of sp³-hybridized carbons (Fsp3) is 0.467. The van der Waals surface area contributed by atoms with Crippen LogP contribution in [0.1, 0.15) is 31.2 Å². The van der Waals surface area contributed by atoms with Crippen molar-refractivity contribution in [3.05, 3.63) is 29.8 Å². The van der Waals surface area contributed by atoms with Crippen molar-refractivity contribution >= 4 is 17.7 Å². The van der Waals surface area contributed by atoms with Crippen LogP contribution >= 0.6 is 0 Å². The molecule has 1 aromatic rings. The lowest BCUT2D eigenvalue weighted by molar-refractivity contribution is -0.118. The number of unbranched alkanes of at least 4 members (excludes halogenated alkanes) is 2. The van der Waals surface area contributed by atoms with Gasteiger partial charge in [0.05, 0.1) is 0 Å². The van der Waals surface area contributed by atoms with Crippen LogP contribution < -0.4 is 16.4 Å². The summed E-state index contributed by atoms with van der Waals surface area (Å²) in [5.74, 6) is -0.339. The second-order valence-corrected chi connectivity index (χ2v) is 5.00. The molecule has 2 amide bonds. The van der Waals surface area contributed by atoms with Crippen molar-refractivity contribution in [1.29, 1.82) is 0 Å². The number of carboxylic acid groups (broad SMARTS) is 1. The monoisotopic (exact) mass is 293 g/mol. The molecule has 116 valence electrons. The van der Waals surface area contributed by atoms with Gasteiger partial charge in [-0.1, -0.05) is 30.5 Å². The molecule has 0 bridgehead atoms. The Labute approximate surface area is 124 Å². The molecule has 21 heavy (non-hydrogen) atoms. The Bertz CT molecular complexity index is 460. The van der Waals surface area contributed by atoms with E-state index in [0.29, 0.717) is 18.7 Å². The number of amides is 2. The summed E-state index contributed by atoms with van der Waals surface area (Å²) in [4.78, 5) is 22.9. The molecule has 6 heteroatoms. The quantitative estimate of drug-likeness (QED) is 0.551. The minimum Gasteiger partial charge on any atom is -0.465 e. The highest BCUT2D eigenvalue weighted by atomic mass is 16.4. The van der Waals surface area contributed by atoms with E-state index in [0.717, 1.165) is 24.8 Å². The van der Waals surface area contributed by atoms with E-state index in [-0.39, 0.29) is 5.91 Å². The van der Waals surface area contributed by atoms with Crippen LogP contribution in [-0.4, -0.2) is 29.7 Å². The van der Waals surface area contributed by atoms with Gasteiger partial charge in [0.1, 0.15) is 6.04 Å². The highest BCUT2D eigenvalue weighted by molar-refractivity contribution is 5.96. The number of aryl methyl sites for hydroxylation is 1. The topological polar surface area (TPSA) is 104 Å². The normalized spacial score (nSPS) is 11.7. The van der Waals surface area contributed by atoms with Crippen molar-refractivity contribution in [3.8, 4) is 0 Å². The third kappa shape index (κ3) is 6.76. The second-order valence-electron chi connectivity index (χ2n) is 5.00. The fourth-order valence-corrected chi connectivity index (χ4v) is 1.95. The first-order valence-corrected chi connectivity index (χ1v) is 7.10. The van der Waals surface area contributed by atoms with E-state index in [4.69, 9.17) is 10.8 Å². The van der Waals surface area contributed by atoms with Crippen molar-refractivity contribution < 1.29 is 14.7 Å². The number of carbonyl (C=O) groups is 2. The minimum absolute atomic E-state index is 0.339. The summed E-state index contributed by atoms with van der Waals surface area (Å²) in [5, 5.41) is 13.8. The Hall–Kier alpha value is -2.08. The van der Waals surface area contributed by atoms with Crippen LogP contribution in [0.15, 0.2) is 24.3 Å². The molecule has 0 aliphatic carbocycles. The third-order valence-corrected chi connectivity index (χ3v) is 3.13. The van der Waals surface area contributed by atoms with Gasteiger partial charge in [0.15, 0.2) is 0 Å². The molecule has 1 rings (SSSR count). The fourth-order valence-electron chi connectivity index (χ4n) is 1.95. The number of nitrogens with two attached hydrogens (primary N) is 1. The number of anilines is 1. The van der Waals surface area contributed by atoms with Crippen LogP contribution in [-0.2, 0) is 4.79 Å². The lowest BCUT2D eigenvalue weighted by Gasteiger charge is -2.16. The molecule has 0 unspecified atom stereocenters. The summed E-state index contributed by atoms with van der Waals surface area (Å²) in [6.07, 6.45) is 1.77. The van der Waals surface area contributed by atoms with Crippen molar-refractivity contribution in [2.45, 2.75) is 38.6 Å². The van der Waals surface area contributed by atoms with Gasteiger partial charge >= 0.3 is 6.09 Å². The van der Waals surface area contributed by atoms with Gasteiger partial charge < -0.3 is 21.5 Å². The average Bonchev–Trinajstić information content (AvgIpc) is 2.44. The Balaban J connectivity index is 2.57. The smallest absolute Gasteiger partial charge is 0.405 e. The predicted octanol–water partition coefficient (Wildman–Crippen LogP) is 2.09. The van der Waals surface area contributed by atoms with E-state index >= 15 is 0 Å². The van der Waals surface area contributed by atoms with Crippen molar-refractivity contribution in [2.75, 3.05) is 11.9 Å². The number of nitrogens with one attached hydrogen (secondary N) is 2. The van der Waals surface area contributed by atoms with Gasteiger partial charge in [-0.3, -0.25) is 4.79 Å². The molecular weight excluding hydrogens is 270 g/mol. The summed E-state index contributed by atoms with van der Waals surface area (Å²) in [6.45, 7) is 2.56. The van der Waals surface area contributed by atoms with Crippen LogP contribution in [0.25, 0.3) is 0 Å². The first kappa shape index (κ1) is 17.0. The average molecular weight is 293 g/mol. The number of hydrogen-bond donors (Lipinski definition) is 4. The molecule has 0 heterocycles. The number of benzene rings is 1. The second kappa shape index (κ2) is 8.97. The summed E-state index contributed by atoms with van der Waals surface area (Å²) in [7, 11) is 0. The summed E-state index contributed by atoms with van der Waals surface area (Å²) in [5.41, 5.74) is 7.16. The number of rotatable bonds is 8. The van der Waals surface area contributed by atoms with E-state index < -0.39 is 12.1 Å². The van der Waals surface area contributed by atoms with Gasteiger partial charge in [0.25, 0.3) is 0 Å². The standard InChI is InChI=1S/C15H23N3O3/c1-11-6-8-12(9-7-11)17-14(19)13(18-15(20)21)5-3-2-4-10-16/h6-9,13,18H,2-5,10,16H2,1H3,(H,17,19)(H,20,21)/t13-/m0/s1. The van der Waals surface area contributed by atoms with E-state index in [1.165, 1.54) is 0 Å². The van der Waals surface area contributed by atoms with Crippen molar-refractivity contribution in [2.24, 2.45) is 5.73 Å². The maximum Gasteiger partial charge on any atom is 0.405 e. The van der Waals surface area contributed by atoms with E-state index in [2.05, 4.69) is 10.6 Å². The van der Waals surface area contributed by atoms with Gasteiger partial charge in [-0.15, -0.1) is 0 Å². The molecule has 0 saturated heterocycles. The maximum atomic E-state index is 12.1. The Morgan fingerprint density at radius 3 is 2.43 bits per heavy atom. The predicted molar refractivity (Wildman–Crippen MR) is 82.3 cm³/mol. The van der Waals surface area contributed by atoms with Gasteiger partial charge in [0.2, 0.25) is 5.91 Å². The van der Waals surface area contributed by atoms with Gasteiger partial charge in [-0.25, -0.2) is 4.79 Å². The number of hydrogen-bond acceptors (Lipinski definition) is 3. The van der Waals surface area contributed by atoms with E-state index in [9.17, 15) is 9.59 Å². The summed E-state index contributed by atoms with van der Waals surface area (Å²) in [6, 6.07) is 6.60. The molecule has 0 spiro atoms. The van der Waals surface area contributed by atoms with E-state index in [1.54, 1.807) is 12.1 Å². The zero-order valence-electron chi connectivity index (χ0n) is 12.3. The van der Waals surface area contributed by atoms with Crippen molar-refractivity contribution in [3.63, 3.8) is 0 Å².